The fourth-order valence-corrected chi connectivity index (χ4v) is 3.73. The monoisotopic (exact) mass is 333 g/mol. The first-order valence-electron chi connectivity index (χ1n) is 6.35. The van der Waals surface area contributed by atoms with Gasteiger partial charge < -0.3 is 5.32 Å². The molecule has 5 nitrogen and oxygen atoms in total. The summed E-state index contributed by atoms with van der Waals surface area (Å²) in [6.07, 6.45) is 1.48. The summed E-state index contributed by atoms with van der Waals surface area (Å²) in [5.74, 6) is -0.712. The second-order valence-electron chi connectivity index (χ2n) is 4.76. The molecule has 0 unspecified atom stereocenters. The van der Waals surface area contributed by atoms with E-state index in [-0.39, 0.29) is 28.9 Å². The molecule has 0 aromatic heterocycles. The van der Waals surface area contributed by atoms with Crippen LogP contribution in [-0.2, 0) is 10.0 Å². The molecule has 2 rings (SSSR count). The maximum absolute atomic E-state index is 13.3. The second-order valence-corrected chi connectivity index (χ2v) is 6.75. The topological polar surface area (TPSA) is 73.2 Å². The Hall–Kier alpha value is -1.20. The van der Waals surface area contributed by atoms with Gasteiger partial charge in [0.15, 0.2) is 0 Å². The third kappa shape index (κ3) is 3.71. The van der Waals surface area contributed by atoms with Crippen molar-refractivity contribution < 1.29 is 12.8 Å². The quantitative estimate of drug-likeness (QED) is 0.909. The maximum atomic E-state index is 13.3. The summed E-state index contributed by atoms with van der Waals surface area (Å²) in [5, 5.41) is 12.0. The Bertz CT molecular complexity index is 639. The molecule has 1 aliphatic rings. The summed E-state index contributed by atoms with van der Waals surface area (Å²) in [6, 6.07) is 4.88. The molecule has 0 saturated carbocycles. The molecular formula is C13H17ClFN3O2S. The summed E-state index contributed by atoms with van der Waals surface area (Å²) < 4.78 is 39.6. The molecule has 1 aromatic rings. The Balaban J connectivity index is 0.00000220. The van der Waals surface area contributed by atoms with Crippen LogP contribution in [0.3, 0.4) is 0 Å². The molecule has 0 aliphatic carbocycles. The van der Waals surface area contributed by atoms with Crippen LogP contribution in [0.2, 0.25) is 0 Å². The zero-order chi connectivity index (χ0) is 14.8. The Morgan fingerprint density at radius 2 is 2.00 bits per heavy atom. The summed E-state index contributed by atoms with van der Waals surface area (Å²) in [6.45, 7) is 1.55. The first-order valence-corrected chi connectivity index (χ1v) is 7.79. The van der Waals surface area contributed by atoms with E-state index in [0.717, 1.165) is 38.1 Å². The van der Waals surface area contributed by atoms with Gasteiger partial charge in [-0.1, -0.05) is 0 Å². The van der Waals surface area contributed by atoms with E-state index in [0.29, 0.717) is 0 Å². The lowest BCUT2D eigenvalue weighted by Crippen LogP contribution is -2.43. The zero-order valence-electron chi connectivity index (χ0n) is 11.5. The van der Waals surface area contributed by atoms with Crippen LogP contribution in [0.4, 0.5) is 4.39 Å². The molecule has 1 aromatic carbocycles. The van der Waals surface area contributed by atoms with Crippen molar-refractivity contribution in [3.8, 4) is 6.07 Å². The van der Waals surface area contributed by atoms with Crippen molar-refractivity contribution in [1.82, 2.24) is 9.62 Å². The van der Waals surface area contributed by atoms with Gasteiger partial charge in [0.05, 0.1) is 10.5 Å². The van der Waals surface area contributed by atoms with E-state index in [2.05, 4.69) is 5.32 Å². The minimum absolute atomic E-state index is 0. The van der Waals surface area contributed by atoms with Crippen molar-refractivity contribution in [3.63, 3.8) is 0 Å². The highest BCUT2D eigenvalue weighted by Gasteiger charge is 2.29. The predicted molar refractivity (Wildman–Crippen MR) is 79.2 cm³/mol. The lowest BCUT2D eigenvalue weighted by atomic mass is 10.1. The molecule has 0 amide bonds. The highest BCUT2D eigenvalue weighted by Crippen LogP contribution is 2.22. The fraction of sp³-hybridized carbons (Fsp3) is 0.462. The van der Waals surface area contributed by atoms with E-state index in [4.69, 9.17) is 5.26 Å². The van der Waals surface area contributed by atoms with E-state index in [1.807, 2.05) is 0 Å². The molecular weight excluding hydrogens is 317 g/mol. The van der Waals surface area contributed by atoms with Crippen molar-refractivity contribution in [2.75, 3.05) is 20.1 Å². The summed E-state index contributed by atoms with van der Waals surface area (Å²) in [4.78, 5) is -0.0449. The molecule has 8 heteroatoms. The van der Waals surface area contributed by atoms with Gasteiger partial charge in [-0.15, -0.1) is 12.4 Å². The number of sulfonamides is 1. The van der Waals surface area contributed by atoms with Gasteiger partial charge in [-0.25, -0.2) is 12.8 Å². The number of hydrogen-bond donors (Lipinski definition) is 1. The van der Waals surface area contributed by atoms with Crippen LogP contribution in [0.5, 0.6) is 0 Å². The molecule has 1 N–H and O–H groups in total. The summed E-state index contributed by atoms with van der Waals surface area (Å²) in [5.41, 5.74) is -0.259. The molecule has 1 aliphatic heterocycles. The normalized spacial score (nSPS) is 16.3. The van der Waals surface area contributed by atoms with Crippen LogP contribution in [0.25, 0.3) is 0 Å². The molecule has 116 valence electrons. The minimum Gasteiger partial charge on any atom is -0.317 e. The predicted octanol–water partition coefficient (Wildman–Crippen LogP) is 1.49. The lowest BCUT2D eigenvalue weighted by Gasteiger charge is -2.30. The minimum atomic E-state index is -3.70. The number of nitrogens with zero attached hydrogens (tertiary/aromatic N) is 2. The molecule has 0 radical (unpaired) electrons. The molecule has 21 heavy (non-hydrogen) atoms. The van der Waals surface area contributed by atoms with Crippen LogP contribution >= 0.6 is 12.4 Å². The van der Waals surface area contributed by atoms with Gasteiger partial charge in [0.1, 0.15) is 11.9 Å². The van der Waals surface area contributed by atoms with Crippen LogP contribution in [0, 0.1) is 17.1 Å². The van der Waals surface area contributed by atoms with Gasteiger partial charge >= 0.3 is 0 Å². The summed E-state index contributed by atoms with van der Waals surface area (Å²) in [7, 11) is -2.17. The Morgan fingerprint density at radius 1 is 1.38 bits per heavy atom. The first-order chi connectivity index (χ1) is 9.46. The number of piperidine rings is 1. The standard InChI is InChI=1S/C13H16FN3O2S.ClH/c1-17(11-4-6-16-7-5-11)20(18,19)12-2-3-13(14)10(8-12)9-15;/h2-3,8,11,16H,4-7H2,1H3;1H. The fourth-order valence-electron chi connectivity index (χ4n) is 2.28. The molecule has 0 spiro atoms. The van der Waals surface area contributed by atoms with Crippen LogP contribution in [0.1, 0.15) is 18.4 Å². The number of hydrogen-bond acceptors (Lipinski definition) is 4. The average molecular weight is 334 g/mol. The van der Waals surface area contributed by atoms with Gasteiger partial charge in [-0.05, 0) is 44.1 Å². The Labute approximate surface area is 130 Å². The van der Waals surface area contributed by atoms with E-state index < -0.39 is 15.8 Å². The van der Waals surface area contributed by atoms with Crippen molar-refractivity contribution in [1.29, 1.82) is 5.26 Å². The van der Waals surface area contributed by atoms with Gasteiger partial charge in [-0.3, -0.25) is 0 Å². The number of nitriles is 1. The molecule has 1 saturated heterocycles. The van der Waals surface area contributed by atoms with E-state index in [1.54, 1.807) is 6.07 Å². The third-order valence-electron chi connectivity index (χ3n) is 3.56. The van der Waals surface area contributed by atoms with Gasteiger partial charge in [0, 0.05) is 13.1 Å². The average Bonchev–Trinajstić information content (AvgIpc) is 2.47. The van der Waals surface area contributed by atoms with E-state index in [9.17, 15) is 12.8 Å². The lowest BCUT2D eigenvalue weighted by molar-refractivity contribution is 0.296. The largest absolute Gasteiger partial charge is 0.317 e. The maximum Gasteiger partial charge on any atom is 0.243 e. The van der Waals surface area contributed by atoms with Crippen molar-refractivity contribution >= 4 is 22.4 Å². The highest BCUT2D eigenvalue weighted by atomic mass is 35.5. The highest BCUT2D eigenvalue weighted by molar-refractivity contribution is 7.89. The van der Waals surface area contributed by atoms with Crippen molar-refractivity contribution in [2.45, 2.75) is 23.8 Å². The van der Waals surface area contributed by atoms with Crippen LogP contribution in [-0.4, -0.2) is 38.9 Å². The number of nitrogens with one attached hydrogen (secondary N) is 1. The molecule has 1 heterocycles. The first kappa shape index (κ1) is 17.9. The van der Waals surface area contributed by atoms with E-state index in [1.165, 1.54) is 17.4 Å². The number of halogens is 2. The Kier molecular flexibility index (Phi) is 6.10. The summed E-state index contributed by atoms with van der Waals surface area (Å²) >= 11 is 0. The van der Waals surface area contributed by atoms with Gasteiger partial charge in [0.25, 0.3) is 0 Å². The van der Waals surface area contributed by atoms with Crippen molar-refractivity contribution in [2.24, 2.45) is 0 Å². The van der Waals surface area contributed by atoms with Crippen LogP contribution in [0.15, 0.2) is 23.1 Å². The zero-order valence-corrected chi connectivity index (χ0v) is 13.2. The molecule has 1 fully saturated rings. The smallest absolute Gasteiger partial charge is 0.243 e. The van der Waals surface area contributed by atoms with Crippen molar-refractivity contribution in [3.05, 3.63) is 29.6 Å². The third-order valence-corrected chi connectivity index (χ3v) is 5.46. The number of benzene rings is 1. The van der Waals surface area contributed by atoms with Gasteiger partial charge in [0.2, 0.25) is 10.0 Å². The second kappa shape index (κ2) is 7.18. The molecule has 0 atom stereocenters. The number of rotatable bonds is 3. The van der Waals surface area contributed by atoms with Crippen LogP contribution < -0.4 is 5.32 Å². The van der Waals surface area contributed by atoms with E-state index >= 15 is 0 Å². The SMILES string of the molecule is CN(C1CCNCC1)S(=O)(=O)c1ccc(F)c(C#N)c1.Cl. The van der Waals surface area contributed by atoms with Gasteiger partial charge in [-0.2, -0.15) is 9.57 Å². The Morgan fingerprint density at radius 3 is 2.57 bits per heavy atom. The molecule has 0 bridgehead atoms.